The van der Waals surface area contributed by atoms with Crippen molar-refractivity contribution in [2.45, 2.75) is 0 Å². The molecule has 3 aromatic heterocycles. The molecule has 0 fully saturated rings. The van der Waals surface area contributed by atoms with Crippen LogP contribution in [0.2, 0.25) is 0 Å². The molecule has 4 heteroatoms. The predicted molar refractivity (Wildman–Crippen MR) is 230 cm³/mol. The number of benzene rings is 9. The van der Waals surface area contributed by atoms with Crippen LogP contribution in [0.15, 0.2) is 176 Å². The van der Waals surface area contributed by atoms with Crippen LogP contribution in [0.1, 0.15) is 0 Å². The maximum absolute atomic E-state index is 4.75. The number of hydrogen-bond acceptors (Lipinski definition) is 3. The lowest BCUT2D eigenvalue weighted by atomic mass is 9.91. The fraction of sp³-hybridized carbons (Fsp3) is 0. The van der Waals surface area contributed by atoms with Gasteiger partial charge in [0.2, 0.25) is 0 Å². The lowest BCUT2D eigenvalue weighted by Gasteiger charge is -2.15. The van der Waals surface area contributed by atoms with E-state index in [1.807, 2.05) is 17.5 Å². The van der Waals surface area contributed by atoms with Gasteiger partial charge in [0, 0.05) is 48.2 Å². The maximum atomic E-state index is 4.75. The first-order valence-electron chi connectivity index (χ1n) is 18.3. The molecule has 0 radical (unpaired) electrons. The van der Waals surface area contributed by atoms with E-state index in [-0.39, 0.29) is 0 Å². The number of thiophene rings is 1. The number of hydrogen-bond donors (Lipinski definition) is 0. The van der Waals surface area contributed by atoms with Crippen LogP contribution < -0.4 is 0 Å². The van der Waals surface area contributed by atoms with E-state index in [0.29, 0.717) is 0 Å². The Morgan fingerprint density at radius 3 is 1.89 bits per heavy atom. The van der Waals surface area contributed by atoms with E-state index in [2.05, 4.69) is 173 Å². The Bertz CT molecular complexity index is 3500. The average molecular weight is 704 g/mol. The van der Waals surface area contributed by atoms with E-state index in [9.17, 15) is 0 Å². The molecule has 0 unspecified atom stereocenters. The van der Waals surface area contributed by atoms with Crippen molar-refractivity contribution < 1.29 is 0 Å². The number of fused-ring (bicyclic) bond motifs is 13. The second kappa shape index (κ2) is 11.3. The molecule has 0 bridgehead atoms. The van der Waals surface area contributed by atoms with Crippen LogP contribution in [0.5, 0.6) is 0 Å². The third kappa shape index (κ3) is 4.29. The molecule has 0 saturated carbocycles. The fourth-order valence-electron chi connectivity index (χ4n) is 8.83. The predicted octanol–water partition coefficient (Wildman–Crippen LogP) is 13.9. The molecule has 12 rings (SSSR count). The van der Waals surface area contributed by atoms with E-state index >= 15 is 0 Å². The Morgan fingerprint density at radius 1 is 0.389 bits per heavy atom. The van der Waals surface area contributed by atoms with Gasteiger partial charge < -0.3 is 4.57 Å². The van der Waals surface area contributed by atoms with Crippen molar-refractivity contribution in [3.05, 3.63) is 176 Å². The van der Waals surface area contributed by atoms with Gasteiger partial charge in [-0.15, -0.1) is 11.3 Å². The van der Waals surface area contributed by atoms with E-state index in [0.717, 1.165) is 27.7 Å². The summed E-state index contributed by atoms with van der Waals surface area (Å²) in [6.07, 6.45) is 3.57. The first-order valence-corrected chi connectivity index (χ1v) is 19.1. The number of rotatable bonds is 3. The van der Waals surface area contributed by atoms with Crippen LogP contribution in [-0.2, 0) is 0 Å². The van der Waals surface area contributed by atoms with Crippen molar-refractivity contribution in [2.75, 3.05) is 0 Å². The summed E-state index contributed by atoms with van der Waals surface area (Å²) in [6, 6.07) is 60.3. The highest BCUT2D eigenvalue weighted by Gasteiger charge is 2.19. The first kappa shape index (κ1) is 29.7. The van der Waals surface area contributed by atoms with Crippen molar-refractivity contribution in [1.82, 2.24) is 14.5 Å². The van der Waals surface area contributed by atoms with Crippen LogP contribution in [0, 0.1) is 0 Å². The van der Waals surface area contributed by atoms with Crippen molar-refractivity contribution in [3.63, 3.8) is 0 Å². The summed E-state index contributed by atoms with van der Waals surface area (Å²) in [5.41, 5.74) is 9.09. The van der Waals surface area contributed by atoms with Crippen molar-refractivity contribution in [3.8, 4) is 27.9 Å². The molecule has 0 amide bonds. The molecule has 0 atom stereocenters. The second-order valence-corrected chi connectivity index (χ2v) is 15.3. The van der Waals surface area contributed by atoms with Gasteiger partial charge in [-0.2, -0.15) is 0 Å². The number of para-hydroxylation sites is 1. The zero-order chi connectivity index (χ0) is 35.3. The van der Waals surface area contributed by atoms with Gasteiger partial charge in [0.1, 0.15) is 6.33 Å². The van der Waals surface area contributed by atoms with Crippen LogP contribution in [-0.4, -0.2) is 14.5 Å². The van der Waals surface area contributed by atoms with E-state index in [1.54, 1.807) is 6.33 Å². The standard InChI is InChI=1S/C50H29N3S/c1-2-10-30(11-3-1)40-24-33(25-46-45(40)28-51-29-52-46)53-47-16-8-6-14-37(47)44-26-42-36-20-18-31(22-41(36)34-12-4-5-13-35(34)43(42)27-48(44)53)32-19-21-39-38-15-7-9-17-49(38)54-50(39)23-32/h1-29H. The highest BCUT2D eigenvalue weighted by molar-refractivity contribution is 7.25. The summed E-state index contributed by atoms with van der Waals surface area (Å²) in [5.74, 6) is 0. The molecular formula is C50H29N3S. The Balaban J connectivity index is 1.13. The molecule has 0 aliphatic rings. The highest BCUT2D eigenvalue weighted by atomic mass is 32.1. The maximum Gasteiger partial charge on any atom is 0.116 e. The van der Waals surface area contributed by atoms with Crippen molar-refractivity contribution in [2.24, 2.45) is 0 Å². The van der Waals surface area contributed by atoms with Crippen LogP contribution in [0.25, 0.3) is 113 Å². The van der Waals surface area contributed by atoms with Crippen LogP contribution in [0.3, 0.4) is 0 Å². The van der Waals surface area contributed by atoms with Gasteiger partial charge in [0.25, 0.3) is 0 Å². The third-order valence-corrected chi connectivity index (χ3v) is 12.4. The fourth-order valence-corrected chi connectivity index (χ4v) is 9.98. The van der Waals surface area contributed by atoms with Gasteiger partial charge in [-0.05, 0) is 103 Å². The largest absolute Gasteiger partial charge is 0.309 e. The summed E-state index contributed by atoms with van der Waals surface area (Å²) in [6.45, 7) is 0. The minimum atomic E-state index is 0.923. The third-order valence-electron chi connectivity index (χ3n) is 11.3. The highest BCUT2D eigenvalue weighted by Crippen LogP contribution is 2.43. The zero-order valence-corrected chi connectivity index (χ0v) is 29.8. The first-order chi connectivity index (χ1) is 26.8. The number of aromatic nitrogens is 3. The van der Waals surface area contributed by atoms with Gasteiger partial charge in [-0.1, -0.05) is 115 Å². The summed E-state index contributed by atoms with van der Waals surface area (Å²) in [7, 11) is 0. The lowest BCUT2D eigenvalue weighted by Crippen LogP contribution is -1.97. The molecule has 0 saturated heterocycles. The molecule has 3 nitrogen and oxygen atoms in total. The van der Waals surface area contributed by atoms with Gasteiger partial charge in [0.15, 0.2) is 0 Å². The molecule has 12 aromatic rings. The molecule has 0 aliphatic heterocycles. The molecule has 3 heterocycles. The van der Waals surface area contributed by atoms with Crippen molar-refractivity contribution in [1.29, 1.82) is 0 Å². The van der Waals surface area contributed by atoms with Gasteiger partial charge in [-0.25, -0.2) is 9.97 Å². The minimum Gasteiger partial charge on any atom is -0.309 e. The lowest BCUT2D eigenvalue weighted by molar-refractivity contribution is 1.17. The van der Waals surface area contributed by atoms with Crippen LogP contribution in [0.4, 0.5) is 0 Å². The summed E-state index contributed by atoms with van der Waals surface area (Å²) < 4.78 is 5.08. The molecule has 250 valence electrons. The summed E-state index contributed by atoms with van der Waals surface area (Å²) >= 11 is 1.87. The summed E-state index contributed by atoms with van der Waals surface area (Å²) in [5, 5.41) is 13.7. The van der Waals surface area contributed by atoms with Crippen LogP contribution >= 0.6 is 11.3 Å². The Hall–Kier alpha value is -6.88. The Morgan fingerprint density at radius 2 is 1.04 bits per heavy atom. The molecule has 0 aliphatic carbocycles. The van der Waals surface area contributed by atoms with E-state index in [4.69, 9.17) is 4.98 Å². The molecule has 0 spiro atoms. The summed E-state index contributed by atoms with van der Waals surface area (Å²) in [4.78, 5) is 9.16. The normalized spacial score (nSPS) is 12.1. The molecule has 9 aromatic carbocycles. The second-order valence-electron chi connectivity index (χ2n) is 14.2. The van der Waals surface area contributed by atoms with Gasteiger partial charge >= 0.3 is 0 Å². The van der Waals surface area contributed by atoms with Crippen molar-refractivity contribution >= 4 is 96.5 Å². The van der Waals surface area contributed by atoms with E-state index in [1.165, 1.54) is 85.4 Å². The average Bonchev–Trinajstić information content (AvgIpc) is 3.78. The molecule has 0 N–H and O–H groups in total. The smallest absolute Gasteiger partial charge is 0.116 e. The SMILES string of the molecule is c1ccc(-c2cc(-n3c4ccccc4c4cc5c6ccc(-c7ccc8c(c7)sc7ccccc78)cc6c6ccccc6c5cc43)cc3ncncc23)cc1. The van der Waals surface area contributed by atoms with Gasteiger partial charge in [0.05, 0.1) is 16.6 Å². The topological polar surface area (TPSA) is 30.7 Å². The number of nitrogens with zero attached hydrogens (tertiary/aromatic N) is 3. The Kier molecular flexibility index (Phi) is 6.21. The quantitative estimate of drug-likeness (QED) is 0.172. The van der Waals surface area contributed by atoms with Gasteiger partial charge in [-0.3, -0.25) is 0 Å². The Labute approximate surface area is 314 Å². The van der Waals surface area contributed by atoms with E-state index < -0.39 is 0 Å². The molecular weight excluding hydrogens is 675 g/mol. The molecule has 54 heavy (non-hydrogen) atoms. The minimum absolute atomic E-state index is 0.923. The zero-order valence-electron chi connectivity index (χ0n) is 29.0. The monoisotopic (exact) mass is 703 g/mol.